The van der Waals surface area contributed by atoms with E-state index in [9.17, 15) is 4.79 Å². The predicted octanol–water partition coefficient (Wildman–Crippen LogP) is 1.63. The maximum Gasteiger partial charge on any atom is 0.228 e. The van der Waals surface area contributed by atoms with E-state index in [2.05, 4.69) is 5.32 Å². The van der Waals surface area contributed by atoms with Crippen molar-refractivity contribution in [1.29, 1.82) is 0 Å². The van der Waals surface area contributed by atoms with E-state index in [0.29, 0.717) is 17.2 Å². The number of ether oxygens (including phenoxy) is 2. The molecule has 0 saturated carbocycles. The summed E-state index contributed by atoms with van der Waals surface area (Å²) >= 11 is 0. The van der Waals surface area contributed by atoms with Crippen LogP contribution >= 0.6 is 0 Å². The van der Waals surface area contributed by atoms with Crippen molar-refractivity contribution in [3.8, 4) is 11.5 Å². The highest BCUT2D eigenvalue weighted by molar-refractivity contribution is 5.93. The summed E-state index contributed by atoms with van der Waals surface area (Å²) in [4.78, 5) is 11.8. The number of carbonyl (C=O) groups excluding carboxylic acids is 1. The third-order valence-electron chi connectivity index (χ3n) is 2.85. The molecule has 100 valence electrons. The summed E-state index contributed by atoms with van der Waals surface area (Å²) in [7, 11) is 3.11. The quantitative estimate of drug-likeness (QED) is 0.835. The van der Waals surface area contributed by atoms with Crippen LogP contribution in [0.25, 0.3) is 0 Å². The van der Waals surface area contributed by atoms with Crippen LogP contribution < -0.4 is 20.5 Å². The van der Waals surface area contributed by atoms with E-state index in [-0.39, 0.29) is 17.9 Å². The SMILES string of the molecule is COc1ccc(NC(=O)C(C)C(C)N)cc1OC. The fourth-order valence-electron chi connectivity index (χ4n) is 1.41. The predicted molar refractivity (Wildman–Crippen MR) is 71.0 cm³/mol. The van der Waals surface area contributed by atoms with Gasteiger partial charge in [-0.3, -0.25) is 4.79 Å². The Bertz CT molecular complexity index is 419. The second kappa shape index (κ2) is 6.26. The standard InChI is InChI=1S/C13H20N2O3/c1-8(9(2)14)13(16)15-10-5-6-11(17-3)12(7-10)18-4/h5-9H,14H2,1-4H3,(H,15,16). The third kappa shape index (κ3) is 3.37. The maximum absolute atomic E-state index is 11.8. The summed E-state index contributed by atoms with van der Waals surface area (Å²) in [6.45, 7) is 3.60. The zero-order chi connectivity index (χ0) is 13.7. The Kier molecular flexibility index (Phi) is 4.97. The number of carbonyl (C=O) groups is 1. The van der Waals surface area contributed by atoms with Gasteiger partial charge in [0.25, 0.3) is 0 Å². The number of rotatable bonds is 5. The molecule has 0 aliphatic heterocycles. The van der Waals surface area contributed by atoms with Crippen molar-refractivity contribution in [1.82, 2.24) is 0 Å². The van der Waals surface area contributed by atoms with Crippen LogP contribution in [0.2, 0.25) is 0 Å². The molecule has 18 heavy (non-hydrogen) atoms. The van der Waals surface area contributed by atoms with E-state index in [0.717, 1.165) is 0 Å². The molecule has 0 saturated heterocycles. The lowest BCUT2D eigenvalue weighted by Crippen LogP contribution is -2.34. The van der Waals surface area contributed by atoms with Crippen LogP contribution in [0.5, 0.6) is 11.5 Å². The largest absolute Gasteiger partial charge is 0.493 e. The van der Waals surface area contributed by atoms with Gasteiger partial charge in [-0.1, -0.05) is 6.92 Å². The molecule has 1 aromatic rings. The van der Waals surface area contributed by atoms with Crippen LogP contribution in [0.1, 0.15) is 13.8 Å². The minimum atomic E-state index is -0.252. The molecule has 1 rings (SSSR count). The lowest BCUT2D eigenvalue weighted by atomic mass is 10.0. The van der Waals surface area contributed by atoms with Crippen LogP contribution in [0.15, 0.2) is 18.2 Å². The first-order chi connectivity index (χ1) is 8.49. The van der Waals surface area contributed by atoms with Crippen LogP contribution in [0.4, 0.5) is 5.69 Å². The lowest BCUT2D eigenvalue weighted by Gasteiger charge is -2.16. The second-order valence-corrected chi connectivity index (χ2v) is 4.21. The van der Waals surface area contributed by atoms with Crippen LogP contribution in [0.3, 0.4) is 0 Å². The van der Waals surface area contributed by atoms with Gasteiger partial charge in [-0.2, -0.15) is 0 Å². The molecule has 0 radical (unpaired) electrons. The summed E-state index contributed by atoms with van der Waals surface area (Å²) in [5.74, 6) is 0.829. The molecule has 5 heteroatoms. The van der Waals surface area contributed by atoms with Gasteiger partial charge in [0.05, 0.1) is 20.1 Å². The fourth-order valence-corrected chi connectivity index (χ4v) is 1.41. The Balaban J connectivity index is 2.82. The molecule has 0 aliphatic carbocycles. The number of amides is 1. The molecule has 2 atom stereocenters. The van der Waals surface area contributed by atoms with Crippen molar-refractivity contribution in [2.45, 2.75) is 19.9 Å². The molecule has 0 aromatic heterocycles. The normalized spacial score (nSPS) is 13.6. The summed E-state index contributed by atoms with van der Waals surface area (Å²) in [5.41, 5.74) is 6.34. The number of hydrogen-bond acceptors (Lipinski definition) is 4. The monoisotopic (exact) mass is 252 g/mol. The van der Waals surface area contributed by atoms with Crippen molar-refractivity contribution in [2.24, 2.45) is 11.7 Å². The Labute approximate surface area is 107 Å². The van der Waals surface area contributed by atoms with Crippen molar-refractivity contribution < 1.29 is 14.3 Å². The lowest BCUT2D eigenvalue weighted by molar-refractivity contribution is -0.119. The molecule has 0 aliphatic rings. The van der Waals surface area contributed by atoms with Crippen molar-refractivity contribution >= 4 is 11.6 Å². The van der Waals surface area contributed by atoms with E-state index in [1.54, 1.807) is 46.3 Å². The highest BCUT2D eigenvalue weighted by atomic mass is 16.5. The number of hydrogen-bond donors (Lipinski definition) is 2. The minimum absolute atomic E-state index is 0.114. The van der Waals surface area contributed by atoms with Crippen molar-refractivity contribution in [2.75, 3.05) is 19.5 Å². The molecule has 0 spiro atoms. The van der Waals surface area contributed by atoms with Gasteiger partial charge in [-0.25, -0.2) is 0 Å². The molecule has 3 N–H and O–H groups in total. The highest BCUT2D eigenvalue weighted by Crippen LogP contribution is 2.29. The van der Waals surface area contributed by atoms with Gasteiger partial charge in [0, 0.05) is 17.8 Å². The molecular weight excluding hydrogens is 232 g/mol. The van der Waals surface area contributed by atoms with E-state index in [1.165, 1.54) is 0 Å². The van der Waals surface area contributed by atoms with Gasteiger partial charge in [0.2, 0.25) is 5.91 Å². The number of methoxy groups -OCH3 is 2. The fraction of sp³-hybridized carbons (Fsp3) is 0.462. The molecule has 1 amide bonds. The van der Waals surface area contributed by atoms with E-state index < -0.39 is 0 Å². The van der Waals surface area contributed by atoms with Gasteiger partial charge in [-0.15, -0.1) is 0 Å². The first-order valence-electron chi connectivity index (χ1n) is 5.78. The summed E-state index contributed by atoms with van der Waals surface area (Å²) in [6.07, 6.45) is 0. The summed E-state index contributed by atoms with van der Waals surface area (Å²) in [6, 6.07) is 5.02. The summed E-state index contributed by atoms with van der Waals surface area (Å²) in [5, 5.41) is 2.79. The zero-order valence-electron chi connectivity index (χ0n) is 11.2. The van der Waals surface area contributed by atoms with Crippen LogP contribution in [-0.4, -0.2) is 26.2 Å². The highest BCUT2D eigenvalue weighted by Gasteiger charge is 2.17. The number of nitrogens with two attached hydrogens (primary N) is 1. The van der Waals surface area contributed by atoms with Crippen molar-refractivity contribution in [3.63, 3.8) is 0 Å². The first-order valence-corrected chi connectivity index (χ1v) is 5.78. The van der Waals surface area contributed by atoms with Gasteiger partial charge >= 0.3 is 0 Å². The smallest absolute Gasteiger partial charge is 0.228 e. The van der Waals surface area contributed by atoms with Crippen LogP contribution in [0, 0.1) is 5.92 Å². The topological polar surface area (TPSA) is 73.6 Å². The minimum Gasteiger partial charge on any atom is -0.493 e. The van der Waals surface area contributed by atoms with E-state index >= 15 is 0 Å². The Morgan fingerprint density at radius 2 is 1.83 bits per heavy atom. The van der Waals surface area contributed by atoms with Crippen LogP contribution in [-0.2, 0) is 4.79 Å². The van der Waals surface area contributed by atoms with Gasteiger partial charge in [0.1, 0.15) is 0 Å². The molecular formula is C13H20N2O3. The van der Waals surface area contributed by atoms with Gasteiger partial charge < -0.3 is 20.5 Å². The zero-order valence-corrected chi connectivity index (χ0v) is 11.2. The molecule has 0 bridgehead atoms. The molecule has 2 unspecified atom stereocenters. The van der Waals surface area contributed by atoms with E-state index in [1.807, 2.05) is 0 Å². The van der Waals surface area contributed by atoms with Crippen molar-refractivity contribution in [3.05, 3.63) is 18.2 Å². The molecule has 0 heterocycles. The second-order valence-electron chi connectivity index (χ2n) is 4.21. The summed E-state index contributed by atoms with van der Waals surface area (Å²) < 4.78 is 10.3. The third-order valence-corrected chi connectivity index (χ3v) is 2.85. The maximum atomic E-state index is 11.8. The molecule has 0 fully saturated rings. The first kappa shape index (κ1) is 14.3. The average Bonchev–Trinajstić information content (AvgIpc) is 2.37. The molecule has 5 nitrogen and oxygen atoms in total. The Hall–Kier alpha value is -1.75. The number of anilines is 1. The number of benzene rings is 1. The average molecular weight is 252 g/mol. The van der Waals surface area contributed by atoms with Gasteiger partial charge in [-0.05, 0) is 19.1 Å². The Morgan fingerprint density at radius 3 is 2.33 bits per heavy atom. The number of nitrogens with one attached hydrogen (secondary N) is 1. The van der Waals surface area contributed by atoms with E-state index in [4.69, 9.17) is 15.2 Å². The Morgan fingerprint density at radius 1 is 1.22 bits per heavy atom. The van der Waals surface area contributed by atoms with Gasteiger partial charge in [0.15, 0.2) is 11.5 Å². The molecule has 1 aromatic carbocycles.